The molecule has 1 aliphatic rings. The maximum absolute atomic E-state index is 13.2. The first kappa shape index (κ1) is 72.7. The highest BCUT2D eigenvalue weighted by Gasteiger charge is 2.34. The van der Waals surface area contributed by atoms with E-state index in [2.05, 4.69) is 34.9 Å². The Balaban J connectivity index is 0.000000209. The molecule has 0 saturated heterocycles. The number of aliphatic hydroxyl groups excluding tert-OH is 1. The highest BCUT2D eigenvalue weighted by molar-refractivity contribution is 6.01. The second-order valence-corrected chi connectivity index (χ2v) is 20.1. The van der Waals surface area contributed by atoms with E-state index in [-0.39, 0.29) is 78.0 Å². The lowest BCUT2D eigenvalue weighted by Crippen LogP contribution is -2.26. The number of aryl methyl sites for hydroxylation is 2. The van der Waals surface area contributed by atoms with Crippen molar-refractivity contribution in [2.75, 3.05) is 42.9 Å². The second kappa shape index (κ2) is 32.3. The van der Waals surface area contributed by atoms with E-state index in [4.69, 9.17) is 41.3 Å². The number of anilines is 4. The third-order valence-corrected chi connectivity index (χ3v) is 12.9. The number of fused-ring (bicyclic) bond motifs is 3. The minimum atomic E-state index is -4.45. The molecule has 0 saturated carbocycles. The number of nitrogen functional groups attached to an aromatic ring is 3. The number of nitrogens with zero attached hydrogens (tertiary/aromatic N) is 9. The van der Waals surface area contributed by atoms with Gasteiger partial charge in [0.05, 0.1) is 65.2 Å². The van der Waals surface area contributed by atoms with Crippen molar-refractivity contribution in [3.8, 4) is 23.3 Å². The van der Waals surface area contributed by atoms with Crippen molar-refractivity contribution in [1.29, 1.82) is 0 Å². The third-order valence-electron chi connectivity index (χ3n) is 12.9. The molecule has 0 aliphatic carbocycles. The summed E-state index contributed by atoms with van der Waals surface area (Å²) in [6, 6.07) is 33.4. The number of hydrogen-bond donors (Lipinski definition) is 6. The molecule has 1 aliphatic heterocycles. The number of amides is 1. The van der Waals surface area contributed by atoms with Gasteiger partial charge in [-0.2, -0.15) is 77.6 Å². The molecular weight excluding hydrogens is 1280 g/mol. The Kier molecular flexibility index (Phi) is 25.0. The summed E-state index contributed by atoms with van der Waals surface area (Å²) in [5.74, 6) is 1.84. The normalized spacial score (nSPS) is 12.1. The zero-order valence-corrected chi connectivity index (χ0v) is 50.1. The quantitative estimate of drug-likeness (QED) is 0.0435. The Bertz CT molecular complexity index is 4090. The van der Waals surface area contributed by atoms with Crippen LogP contribution in [-0.2, 0) is 50.6 Å². The van der Waals surface area contributed by atoms with Gasteiger partial charge in [0.2, 0.25) is 35.5 Å². The lowest BCUT2D eigenvalue weighted by atomic mass is 10.2. The molecule has 4 aromatic carbocycles. The first-order chi connectivity index (χ1) is 44.3. The van der Waals surface area contributed by atoms with Crippen LogP contribution in [0, 0.1) is 0 Å². The summed E-state index contributed by atoms with van der Waals surface area (Å²) in [6.45, 7) is 0.314. The van der Waals surface area contributed by atoms with Gasteiger partial charge in [0.15, 0.2) is 22.3 Å². The van der Waals surface area contributed by atoms with Crippen LogP contribution in [0.2, 0.25) is 0 Å². The second-order valence-electron chi connectivity index (χ2n) is 20.1. The maximum Gasteiger partial charge on any atom is 0.391 e. The summed E-state index contributed by atoms with van der Waals surface area (Å²) in [5, 5.41) is 7.68. The van der Waals surface area contributed by atoms with Crippen molar-refractivity contribution in [2.45, 2.75) is 110 Å². The zero-order valence-electron chi connectivity index (χ0n) is 50.1. The van der Waals surface area contributed by atoms with Crippen molar-refractivity contribution in [3.05, 3.63) is 168 Å². The third kappa shape index (κ3) is 21.9. The first-order valence-electron chi connectivity index (χ1n) is 28.0. The van der Waals surface area contributed by atoms with Gasteiger partial charge in [0, 0.05) is 19.5 Å². The molecule has 6 heterocycles. The van der Waals surface area contributed by atoms with Gasteiger partial charge in [0.25, 0.3) is 5.56 Å². The number of methoxy groups -OCH3 is 2. The molecule has 10 rings (SSSR count). The van der Waals surface area contributed by atoms with Gasteiger partial charge in [-0.3, -0.25) is 38.2 Å². The number of aromatic amines is 2. The van der Waals surface area contributed by atoms with Crippen LogP contribution in [0.5, 0.6) is 23.3 Å². The Labute approximate surface area is 524 Å². The van der Waals surface area contributed by atoms with E-state index in [1.165, 1.54) is 18.6 Å². The van der Waals surface area contributed by atoms with Gasteiger partial charge < -0.3 is 41.3 Å². The van der Waals surface area contributed by atoms with Crippen molar-refractivity contribution in [3.63, 3.8) is 0 Å². The number of nitrogens with two attached hydrogens (primary N) is 3. The minimum absolute atomic E-state index is 0.0564. The molecule has 9 N–H and O–H groups in total. The molecule has 0 fully saturated rings. The van der Waals surface area contributed by atoms with E-state index < -0.39 is 87.0 Å². The van der Waals surface area contributed by atoms with Crippen LogP contribution in [0.1, 0.15) is 66.8 Å². The molecule has 94 heavy (non-hydrogen) atoms. The number of carbonyl (C=O) groups is 1. The first-order valence-corrected chi connectivity index (χ1v) is 28.0. The van der Waals surface area contributed by atoms with E-state index >= 15 is 0 Å². The number of ether oxygens (including phenoxy) is 4. The van der Waals surface area contributed by atoms with Gasteiger partial charge in [-0.1, -0.05) is 91.9 Å². The Morgan fingerprint density at radius 1 is 0.532 bits per heavy atom. The molecule has 0 atom stereocenters. The molecule has 23 nitrogen and oxygen atoms in total. The number of carbonyl (C=O) groups excluding carboxylic acids is 1. The molecule has 506 valence electrons. The minimum Gasteiger partial charge on any atom is -0.497 e. The number of H-pyrrole nitrogens is 2. The van der Waals surface area contributed by atoms with E-state index in [0.29, 0.717) is 40.7 Å². The van der Waals surface area contributed by atoms with Gasteiger partial charge in [-0.05, 0) is 52.9 Å². The highest BCUT2D eigenvalue weighted by Crippen LogP contribution is 2.36. The largest absolute Gasteiger partial charge is 0.497 e. The van der Waals surface area contributed by atoms with E-state index in [1.807, 2.05) is 84.9 Å². The van der Waals surface area contributed by atoms with Gasteiger partial charge in [-0.15, -0.1) is 0 Å². The Morgan fingerprint density at radius 3 is 1.48 bits per heavy atom. The number of rotatable bonds is 18. The van der Waals surface area contributed by atoms with Crippen LogP contribution in [0.4, 0.5) is 76.3 Å². The summed E-state index contributed by atoms with van der Waals surface area (Å²) in [7, 11) is 3.15. The SMILES string of the molecule is CCCC(F)(F)F.COc1ccc(CN2C(=O)Cc3c(OCc4ccccc4)nc(N)nc32)cc1.COc1ccc(Cn2c(=O)n(CCC(F)(F)F)c3c(OCc4ccccc4)nc(N)nc32)cc1.Nc1nc2[nH]c(=O)n(CCC(F)(F)F)c2c(=O)[nH]1.OCCC(F)(F)F. The smallest absolute Gasteiger partial charge is 0.391 e. The van der Waals surface area contributed by atoms with Crippen LogP contribution < -0.4 is 58.0 Å². The van der Waals surface area contributed by atoms with Crippen LogP contribution in [0.25, 0.3) is 22.3 Å². The summed E-state index contributed by atoms with van der Waals surface area (Å²) in [6.07, 6.45) is -20.8. The Hall–Kier alpha value is -10.3. The zero-order chi connectivity index (χ0) is 69.1. The topological polar surface area (TPSA) is 318 Å². The molecule has 0 radical (unpaired) electrons. The number of hydrogen-bond acceptors (Lipinski definition) is 17. The summed E-state index contributed by atoms with van der Waals surface area (Å²) in [5.41, 5.74) is 18.7. The lowest BCUT2D eigenvalue weighted by molar-refractivity contribution is -0.141. The summed E-state index contributed by atoms with van der Waals surface area (Å²) < 4.78 is 166. The van der Waals surface area contributed by atoms with Gasteiger partial charge in [0.1, 0.15) is 30.5 Å². The van der Waals surface area contributed by atoms with E-state index in [9.17, 15) is 71.9 Å². The predicted octanol–water partition coefficient (Wildman–Crippen LogP) is 9.73. The molecule has 5 aromatic heterocycles. The molecule has 35 heteroatoms. The predicted molar refractivity (Wildman–Crippen MR) is 320 cm³/mol. The van der Waals surface area contributed by atoms with Crippen LogP contribution in [0.15, 0.2) is 124 Å². The average Bonchev–Trinajstić information content (AvgIpc) is 1.61. The fourth-order valence-corrected chi connectivity index (χ4v) is 8.61. The molecule has 1 amide bonds. The average molecular weight is 1340 g/mol. The van der Waals surface area contributed by atoms with Gasteiger partial charge in [-0.25, -0.2) is 9.59 Å². The van der Waals surface area contributed by atoms with E-state index in [0.717, 1.165) is 32.6 Å². The van der Waals surface area contributed by atoms with Crippen LogP contribution >= 0.6 is 0 Å². The number of benzene rings is 4. The number of halogens is 12. The van der Waals surface area contributed by atoms with Crippen LogP contribution in [0.3, 0.4) is 0 Å². The monoisotopic (exact) mass is 1340 g/mol. The number of alkyl halides is 12. The van der Waals surface area contributed by atoms with Crippen molar-refractivity contribution >= 4 is 51.9 Å². The molecule has 9 aromatic rings. The lowest BCUT2D eigenvalue weighted by Gasteiger charge is -2.17. The van der Waals surface area contributed by atoms with Gasteiger partial charge >= 0.3 is 36.1 Å². The van der Waals surface area contributed by atoms with E-state index in [1.54, 1.807) is 36.3 Å². The standard InChI is InChI=1S/C23H22F3N5O3.C21H20N4O3.C8H8F3N5O2.C4H7F3.C3H5F3O/c1-33-17-9-7-15(8-10-17)13-31-19-18(30(22(31)32)12-11-23(24,25)26)20(29-21(27)28-19)34-14-16-5-3-2-4-6-16;1-27-16-9-7-14(8-10-16)12-25-18(26)11-17-19(25)23-21(22)24-20(17)28-13-15-5-3-2-4-6-15;9-8(10,11)1-2-16-3-4(14-7(16)18)13-6(12)15-5(3)17;1-2-3-4(5,6)7;4-3(5,6)1-2-7/h2-10H,11-14H2,1H3,(H2,27,28,29);2-10H,11-13H2,1H3,(H2,22,23,24);1-2H2,(H4,12,13,14,15,17,18);2-3H2,1H3;7H,1-2H2. The fourth-order valence-electron chi connectivity index (χ4n) is 8.61. The number of nitrogens with one attached hydrogen (secondary N) is 2. The molecular formula is C59H62F12N14O9. The maximum atomic E-state index is 13.2. The number of aliphatic hydroxyl groups is 1. The molecule has 0 bridgehead atoms. The molecule has 0 spiro atoms. The van der Waals surface area contributed by atoms with Crippen molar-refractivity contribution in [2.24, 2.45) is 0 Å². The summed E-state index contributed by atoms with van der Waals surface area (Å²) in [4.78, 5) is 75.1. The highest BCUT2D eigenvalue weighted by atomic mass is 19.4. The Morgan fingerprint density at radius 2 is 1.01 bits per heavy atom. The fraction of sp³-hybridized carbons (Fsp3) is 0.339. The summed E-state index contributed by atoms with van der Waals surface area (Å²) >= 11 is 0. The molecule has 0 unspecified atom stereocenters. The van der Waals surface area contributed by atoms with Crippen LogP contribution in [-0.4, -0.2) is 105 Å². The van der Waals surface area contributed by atoms with Crippen molar-refractivity contribution in [1.82, 2.24) is 48.6 Å². The number of imidazole rings is 2. The number of aromatic nitrogens is 10. The van der Waals surface area contributed by atoms with Crippen molar-refractivity contribution < 1.29 is 81.5 Å².